The molecule has 1 unspecified atom stereocenters. The van der Waals surface area contributed by atoms with Gasteiger partial charge in [0.05, 0.1) is 22.2 Å². The molecule has 110 valence electrons. The van der Waals surface area contributed by atoms with Gasteiger partial charge in [-0.1, -0.05) is 17.7 Å². The number of hydrogen-bond donors (Lipinski definition) is 2. The van der Waals surface area contributed by atoms with Crippen LogP contribution in [0.2, 0.25) is 5.02 Å². The standard InChI is InChI=1S/C14H12ClFN2O2S/c15-9-4-5-12(17)13(6-9)18-14(19)8-21(20)11-3-1-2-10(16)7-11/h1-7H,8,17H2,(H,18,19). The van der Waals surface area contributed by atoms with E-state index in [4.69, 9.17) is 17.3 Å². The molecule has 1 atom stereocenters. The van der Waals surface area contributed by atoms with Crippen LogP contribution in [0.5, 0.6) is 0 Å². The molecule has 21 heavy (non-hydrogen) atoms. The van der Waals surface area contributed by atoms with Gasteiger partial charge in [-0.25, -0.2) is 4.39 Å². The number of carbonyl (C=O) groups excluding carboxylic acids is 1. The Morgan fingerprint density at radius 2 is 2.05 bits per heavy atom. The molecule has 0 aliphatic carbocycles. The minimum absolute atomic E-state index is 0.254. The van der Waals surface area contributed by atoms with E-state index >= 15 is 0 Å². The molecule has 1 amide bonds. The fourth-order valence-electron chi connectivity index (χ4n) is 1.63. The zero-order chi connectivity index (χ0) is 15.4. The fraction of sp³-hybridized carbons (Fsp3) is 0.0714. The summed E-state index contributed by atoms with van der Waals surface area (Å²) in [6.07, 6.45) is 0. The topological polar surface area (TPSA) is 72.2 Å². The number of halogens is 2. The number of benzene rings is 2. The van der Waals surface area contributed by atoms with E-state index in [9.17, 15) is 13.4 Å². The summed E-state index contributed by atoms with van der Waals surface area (Å²) in [5, 5.41) is 2.95. The molecule has 0 saturated heterocycles. The summed E-state index contributed by atoms with van der Waals surface area (Å²) in [6, 6.07) is 9.97. The second kappa shape index (κ2) is 6.69. The maximum atomic E-state index is 13.0. The van der Waals surface area contributed by atoms with Gasteiger partial charge in [0.15, 0.2) is 0 Å². The smallest absolute Gasteiger partial charge is 0.237 e. The van der Waals surface area contributed by atoms with Gasteiger partial charge in [0.25, 0.3) is 0 Å². The number of anilines is 2. The number of nitrogen functional groups attached to an aromatic ring is 1. The third-order valence-corrected chi connectivity index (χ3v) is 4.15. The highest BCUT2D eigenvalue weighted by molar-refractivity contribution is 7.85. The number of rotatable bonds is 4. The summed E-state index contributed by atoms with van der Waals surface area (Å²) in [5.41, 5.74) is 6.40. The van der Waals surface area contributed by atoms with Crippen LogP contribution in [-0.2, 0) is 15.6 Å². The average molecular weight is 327 g/mol. The van der Waals surface area contributed by atoms with Crippen molar-refractivity contribution in [1.82, 2.24) is 0 Å². The molecular weight excluding hydrogens is 315 g/mol. The Labute approximate surface area is 128 Å². The van der Waals surface area contributed by atoms with Crippen LogP contribution in [-0.4, -0.2) is 15.9 Å². The Bertz CT molecular complexity index is 709. The highest BCUT2D eigenvalue weighted by Gasteiger charge is 2.12. The van der Waals surface area contributed by atoms with Crippen molar-refractivity contribution in [2.24, 2.45) is 0 Å². The van der Waals surface area contributed by atoms with E-state index in [1.807, 2.05) is 0 Å². The lowest BCUT2D eigenvalue weighted by Crippen LogP contribution is -2.20. The van der Waals surface area contributed by atoms with Gasteiger partial charge in [0, 0.05) is 9.92 Å². The molecule has 2 aromatic carbocycles. The molecule has 0 spiro atoms. The van der Waals surface area contributed by atoms with Gasteiger partial charge in [-0.3, -0.25) is 9.00 Å². The van der Waals surface area contributed by atoms with Crippen LogP contribution in [0.25, 0.3) is 0 Å². The molecule has 0 aromatic heterocycles. The molecule has 0 radical (unpaired) electrons. The van der Waals surface area contributed by atoms with Crippen LogP contribution in [0.4, 0.5) is 15.8 Å². The first-order chi connectivity index (χ1) is 9.95. The molecule has 2 aromatic rings. The summed E-state index contributed by atoms with van der Waals surface area (Å²) in [6.45, 7) is 0. The monoisotopic (exact) mass is 326 g/mol. The molecule has 0 aliphatic rings. The third-order valence-electron chi connectivity index (χ3n) is 2.61. The van der Waals surface area contributed by atoms with Gasteiger partial charge < -0.3 is 11.1 Å². The second-order valence-electron chi connectivity index (χ2n) is 4.23. The van der Waals surface area contributed by atoms with Crippen molar-refractivity contribution in [3.8, 4) is 0 Å². The normalized spacial score (nSPS) is 11.9. The van der Waals surface area contributed by atoms with Crippen molar-refractivity contribution < 1.29 is 13.4 Å². The first-order valence-electron chi connectivity index (χ1n) is 5.94. The number of nitrogens with one attached hydrogen (secondary N) is 1. The maximum Gasteiger partial charge on any atom is 0.237 e. The van der Waals surface area contributed by atoms with Crippen molar-refractivity contribution >= 4 is 39.7 Å². The van der Waals surface area contributed by atoms with E-state index < -0.39 is 22.5 Å². The van der Waals surface area contributed by atoms with Crippen LogP contribution in [0.3, 0.4) is 0 Å². The van der Waals surface area contributed by atoms with Gasteiger partial charge >= 0.3 is 0 Å². The second-order valence-corrected chi connectivity index (χ2v) is 6.11. The lowest BCUT2D eigenvalue weighted by Gasteiger charge is -2.08. The highest BCUT2D eigenvalue weighted by Crippen LogP contribution is 2.23. The summed E-state index contributed by atoms with van der Waals surface area (Å²) in [5.74, 6) is -1.29. The largest absolute Gasteiger partial charge is 0.397 e. The van der Waals surface area contributed by atoms with Crippen molar-refractivity contribution in [2.75, 3.05) is 16.8 Å². The molecule has 0 aliphatic heterocycles. The molecule has 4 nitrogen and oxygen atoms in total. The minimum Gasteiger partial charge on any atom is -0.397 e. The minimum atomic E-state index is -1.64. The predicted molar refractivity (Wildman–Crippen MR) is 82.2 cm³/mol. The predicted octanol–water partition coefficient (Wildman–Crippen LogP) is 2.81. The molecule has 2 rings (SSSR count). The van der Waals surface area contributed by atoms with Crippen LogP contribution >= 0.6 is 11.6 Å². The summed E-state index contributed by atoms with van der Waals surface area (Å²) in [4.78, 5) is 12.1. The maximum absolute atomic E-state index is 13.0. The third kappa shape index (κ3) is 4.27. The van der Waals surface area contributed by atoms with Gasteiger partial charge in [-0.15, -0.1) is 0 Å². The van der Waals surface area contributed by atoms with E-state index in [1.165, 1.54) is 24.3 Å². The van der Waals surface area contributed by atoms with Crippen LogP contribution in [0.15, 0.2) is 47.4 Å². The fourth-order valence-corrected chi connectivity index (χ4v) is 2.76. The zero-order valence-corrected chi connectivity index (χ0v) is 12.4. The van der Waals surface area contributed by atoms with Gasteiger partial charge in [-0.05, 0) is 36.4 Å². The number of nitrogens with two attached hydrogens (primary N) is 1. The Hall–Kier alpha value is -1.92. The number of carbonyl (C=O) groups is 1. The Morgan fingerprint density at radius 3 is 2.76 bits per heavy atom. The summed E-state index contributed by atoms with van der Waals surface area (Å²) < 4.78 is 25.0. The number of amides is 1. The lowest BCUT2D eigenvalue weighted by molar-refractivity contribution is -0.113. The molecule has 0 saturated carbocycles. The van der Waals surface area contributed by atoms with Crippen molar-refractivity contribution in [3.05, 3.63) is 53.3 Å². The van der Waals surface area contributed by atoms with E-state index in [2.05, 4.69) is 5.32 Å². The highest BCUT2D eigenvalue weighted by atomic mass is 35.5. The van der Waals surface area contributed by atoms with Crippen molar-refractivity contribution in [2.45, 2.75) is 4.90 Å². The van der Waals surface area contributed by atoms with Crippen molar-refractivity contribution in [1.29, 1.82) is 0 Å². The van der Waals surface area contributed by atoms with Crippen LogP contribution in [0, 0.1) is 5.82 Å². The Balaban J connectivity index is 2.05. The van der Waals surface area contributed by atoms with Gasteiger partial charge in [0.1, 0.15) is 11.6 Å². The first-order valence-corrected chi connectivity index (χ1v) is 7.64. The van der Waals surface area contributed by atoms with E-state index in [1.54, 1.807) is 12.1 Å². The van der Waals surface area contributed by atoms with Crippen LogP contribution < -0.4 is 11.1 Å². The zero-order valence-electron chi connectivity index (χ0n) is 10.8. The van der Waals surface area contributed by atoms with E-state index in [0.717, 1.165) is 6.07 Å². The Morgan fingerprint density at radius 1 is 1.29 bits per heavy atom. The molecular formula is C14H12ClFN2O2S. The summed E-state index contributed by atoms with van der Waals surface area (Å²) in [7, 11) is -1.64. The SMILES string of the molecule is Nc1ccc(Cl)cc1NC(=O)CS(=O)c1cccc(F)c1. The van der Waals surface area contributed by atoms with Gasteiger partial charge in [-0.2, -0.15) is 0 Å². The summed E-state index contributed by atoms with van der Waals surface area (Å²) >= 11 is 5.81. The molecule has 0 heterocycles. The quantitative estimate of drug-likeness (QED) is 0.849. The lowest BCUT2D eigenvalue weighted by atomic mass is 10.2. The van der Waals surface area contributed by atoms with E-state index in [-0.39, 0.29) is 10.6 Å². The van der Waals surface area contributed by atoms with Crippen molar-refractivity contribution in [3.63, 3.8) is 0 Å². The van der Waals surface area contributed by atoms with E-state index in [0.29, 0.717) is 16.4 Å². The molecule has 3 N–H and O–H groups in total. The molecule has 0 bridgehead atoms. The first kappa shape index (κ1) is 15.5. The average Bonchev–Trinajstić information content (AvgIpc) is 2.42. The number of hydrogen-bond acceptors (Lipinski definition) is 3. The molecule has 7 heteroatoms. The Kier molecular flexibility index (Phi) is 4.93. The van der Waals surface area contributed by atoms with Gasteiger partial charge in [0.2, 0.25) is 5.91 Å². The van der Waals surface area contributed by atoms with Crippen LogP contribution in [0.1, 0.15) is 0 Å². The molecule has 0 fully saturated rings.